The SMILES string of the molecule is Cc1nn(C)c(CC(N)C(C)c2ccccc2)c1Br. The molecule has 2 N–H and O–H groups in total. The normalized spacial score (nSPS) is 14.4. The smallest absolute Gasteiger partial charge is 0.0738 e. The summed E-state index contributed by atoms with van der Waals surface area (Å²) in [6, 6.07) is 10.5. The molecule has 0 saturated heterocycles. The molecular formula is C15H20BrN3. The molecule has 2 unspecified atom stereocenters. The second kappa shape index (κ2) is 5.88. The molecule has 0 aliphatic carbocycles. The summed E-state index contributed by atoms with van der Waals surface area (Å²) in [5, 5.41) is 4.41. The maximum absolute atomic E-state index is 6.37. The second-order valence-electron chi connectivity index (χ2n) is 5.04. The molecule has 0 fully saturated rings. The molecule has 2 aromatic rings. The van der Waals surface area contributed by atoms with Gasteiger partial charge in [0.1, 0.15) is 0 Å². The van der Waals surface area contributed by atoms with Gasteiger partial charge in [0.25, 0.3) is 0 Å². The van der Waals surface area contributed by atoms with Crippen molar-refractivity contribution < 1.29 is 0 Å². The Bertz CT molecular complexity index is 548. The van der Waals surface area contributed by atoms with Crippen LogP contribution in [0.2, 0.25) is 0 Å². The number of aryl methyl sites for hydroxylation is 2. The fourth-order valence-corrected chi connectivity index (χ4v) is 2.80. The highest BCUT2D eigenvalue weighted by molar-refractivity contribution is 9.10. The third-order valence-corrected chi connectivity index (χ3v) is 4.69. The zero-order valence-corrected chi connectivity index (χ0v) is 13.2. The van der Waals surface area contributed by atoms with Gasteiger partial charge in [-0.25, -0.2) is 0 Å². The fourth-order valence-electron chi connectivity index (χ4n) is 2.31. The van der Waals surface area contributed by atoms with Gasteiger partial charge in [-0.1, -0.05) is 37.3 Å². The lowest BCUT2D eigenvalue weighted by molar-refractivity contribution is 0.540. The highest BCUT2D eigenvalue weighted by atomic mass is 79.9. The summed E-state index contributed by atoms with van der Waals surface area (Å²) >= 11 is 3.60. The predicted molar refractivity (Wildman–Crippen MR) is 82.2 cm³/mol. The van der Waals surface area contributed by atoms with Crippen LogP contribution in [0.25, 0.3) is 0 Å². The molecule has 3 nitrogen and oxygen atoms in total. The average Bonchev–Trinajstić information content (AvgIpc) is 2.65. The van der Waals surface area contributed by atoms with Gasteiger partial charge in [-0.2, -0.15) is 5.10 Å². The Balaban J connectivity index is 2.15. The lowest BCUT2D eigenvalue weighted by Crippen LogP contribution is -2.30. The van der Waals surface area contributed by atoms with E-state index in [0.29, 0.717) is 5.92 Å². The quantitative estimate of drug-likeness (QED) is 0.940. The third-order valence-electron chi connectivity index (χ3n) is 3.66. The Labute approximate surface area is 122 Å². The molecule has 1 heterocycles. The largest absolute Gasteiger partial charge is 0.327 e. The molecule has 0 saturated carbocycles. The van der Waals surface area contributed by atoms with Crippen molar-refractivity contribution >= 4 is 15.9 Å². The Morgan fingerprint density at radius 2 is 1.95 bits per heavy atom. The van der Waals surface area contributed by atoms with E-state index >= 15 is 0 Å². The van der Waals surface area contributed by atoms with E-state index in [1.54, 1.807) is 0 Å². The van der Waals surface area contributed by atoms with Crippen LogP contribution >= 0.6 is 15.9 Å². The van der Waals surface area contributed by atoms with Crippen LogP contribution in [0.5, 0.6) is 0 Å². The molecule has 0 bridgehead atoms. The molecule has 0 aliphatic rings. The number of hydrogen-bond acceptors (Lipinski definition) is 2. The van der Waals surface area contributed by atoms with E-state index in [-0.39, 0.29) is 6.04 Å². The molecule has 0 spiro atoms. The molecule has 102 valence electrons. The Morgan fingerprint density at radius 1 is 1.32 bits per heavy atom. The second-order valence-corrected chi connectivity index (χ2v) is 5.83. The van der Waals surface area contributed by atoms with Crippen LogP contribution in [0, 0.1) is 6.92 Å². The van der Waals surface area contributed by atoms with Crippen LogP contribution in [0.1, 0.15) is 29.8 Å². The highest BCUT2D eigenvalue weighted by Crippen LogP contribution is 2.25. The Kier molecular flexibility index (Phi) is 4.42. The van der Waals surface area contributed by atoms with E-state index in [1.165, 1.54) is 5.56 Å². The van der Waals surface area contributed by atoms with E-state index < -0.39 is 0 Å². The molecule has 0 radical (unpaired) electrons. The molecule has 19 heavy (non-hydrogen) atoms. The van der Waals surface area contributed by atoms with Crippen LogP contribution in [-0.2, 0) is 13.5 Å². The topological polar surface area (TPSA) is 43.8 Å². The number of halogens is 1. The summed E-state index contributed by atoms with van der Waals surface area (Å²) in [6.07, 6.45) is 0.813. The van der Waals surface area contributed by atoms with Gasteiger partial charge < -0.3 is 5.73 Å². The summed E-state index contributed by atoms with van der Waals surface area (Å²) in [6.45, 7) is 4.18. The van der Waals surface area contributed by atoms with Gasteiger partial charge in [0.05, 0.1) is 15.9 Å². The monoisotopic (exact) mass is 321 g/mol. The number of nitrogens with zero attached hydrogens (tertiary/aromatic N) is 2. The zero-order chi connectivity index (χ0) is 14.0. The number of aromatic nitrogens is 2. The van der Waals surface area contributed by atoms with Gasteiger partial charge in [-0.05, 0) is 34.3 Å². The van der Waals surface area contributed by atoms with Crippen molar-refractivity contribution in [1.29, 1.82) is 0 Å². The summed E-state index contributed by atoms with van der Waals surface area (Å²) in [5.74, 6) is 0.323. The molecular weight excluding hydrogens is 302 g/mol. The fraction of sp³-hybridized carbons (Fsp3) is 0.400. The van der Waals surface area contributed by atoms with Crippen molar-refractivity contribution in [2.45, 2.75) is 32.2 Å². The van der Waals surface area contributed by atoms with Crippen molar-refractivity contribution in [3.05, 3.63) is 51.8 Å². The Morgan fingerprint density at radius 3 is 2.47 bits per heavy atom. The molecule has 1 aromatic carbocycles. The summed E-state index contributed by atoms with van der Waals surface area (Å²) in [4.78, 5) is 0. The van der Waals surface area contributed by atoms with Gasteiger partial charge in [-0.15, -0.1) is 0 Å². The van der Waals surface area contributed by atoms with Crippen molar-refractivity contribution in [2.75, 3.05) is 0 Å². The molecule has 4 heteroatoms. The van der Waals surface area contributed by atoms with Crippen LogP contribution in [-0.4, -0.2) is 15.8 Å². The minimum atomic E-state index is 0.0773. The lowest BCUT2D eigenvalue weighted by atomic mass is 9.91. The van der Waals surface area contributed by atoms with Crippen LogP contribution in [0.3, 0.4) is 0 Å². The number of nitrogens with two attached hydrogens (primary N) is 1. The first-order valence-electron chi connectivity index (χ1n) is 6.49. The first-order chi connectivity index (χ1) is 9.00. The summed E-state index contributed by atoms with van der Waals surface area (Å²) < 4.78 is 2.99. The summed E-state index contributed by atoms with van der Waals surface area (Å²) in [5.41, 5.74) is 9.82. The van der Waals surface area contributed by atoms with Crippen LogP contribution in [0.4, 0.5) is 0 Å². The minimum Gasteiger partial charge on any atom is -0.327 e. The standard InChI is InChI=1S/C15H20BrN3/c1-10(12-7-5-4-6-8-12)13(17)9-14-15(16)11(2)18-19(14)3/h4-8,10,13H,9,17H2,1-3H3. The molecule has 2 atom stereocenters. The molecule has 0 amide bonds. The zero-order valence-electron chi connectivity index (χ0n) is 11.6. The third kappa shape index (κ3) is 3.07. The van der Waals surface area contributed by atoms with Crippen molar-refractivity contribution in [1.82, 2.24) is 9.78 Å². The van der Waals surface area contributed by atoms with E-state index in [1.807, 2.05) is 24.7 Å². The first kappa shape index (κ1) is 14.3. The van der Waals surface area contributed by atoms with E-state index in [4.69, 9.17) is 5.73 Å². The van der Waals surface area contributed by atoms with Gasteiger partial charge in [0.15, 0.2) is 0 Å². The van der Waals surface area contributed by atoms with E-state index in [2.05, 4.69) is 52.2 Å². The maximum atomic E-state index is 6.37. The molecule has 2 rings (SSSR count). The van der Waals surface area contributed by atoms with Crippen molar-refractivity contribution in [3.8, 4) is 0 Å². The number of benzene rings is 1. The van der Waals surface area contributed by atoms with Crippen LogP contribution < -0.4 is 5.73 Å². The molecule has 1 aromatic heterocycles. The first-order valence-corrected chi connectivity index (χ1v) is 7.28. The van der Waals surface area contributed by atoms with E-state index in [9.17, 15) is 0 Å². The van der Waals surface area contributed by atoms with E-state index in [0.717, 1.165) is 22.3 Å². The summed E-state index contributed by atoms with van der Waals surface area (Å²) in [7, 11) is 1.97. The highest BCUT2D eigenvalue weighted by Gasteiger charge is 2.19. The average molecular weight is 322 g/mol. The van der Waals surface area contributed by atoms with Crippen molar-refractivity contribution in [2.24, 2.45) is 12.8 Å². The molecule has 0 aliphatic heterocycles. The minimum absolute atomic E-state index is 0.0773. The van der Waals surface area contributed by atoms with Gasteiger partial charge in [0.2, 0.25) is 0 Å². The lowest BCUT2D eigenvalue weighted by Gasteiger charge is -2.20. The van der Waals surface area contributed by atoms with Crippen molar-refractivity contribution in [3.63, 3.8) is 0 Å². The van der Waals surface area contributed by atoms with Gasteiger partial charge in [-0.3, -0.25) is 4.68 Å². The predicted octanol–water partition coefficient (Wildman–Crippen LogP) is 3.16. The van der Waals surface area contributed by atoms with Crippen LogP contribution in [0.15, 0.2) is 34.8 Å². The van der Waals surface area contributed by atoms with Gasteiger partial charge in [0, 0.05) is 19.5 Å². The number of rotatable bonds is 4. The Hall–Kier alpha value is -1.13. The van der Waals surface area contributed by atoms with Gasteiger partial charge >= 0.3 is 0 Å². The maximum Gasteiger partial charge on any atom is 0.0738 e. The number of hydrogen-bond donors (Lipinski definition) is 1.